The van der Waals surface area contributed by atoms with Gasteiger partial charge in [0, 0.05) is 36.4 Å². The van der Waals surface area contributed by atoms with E-state index in [9.17, 15) is 17.6 Å². The molecule has 0 aliphatic carbocycles. The van der Waals surface area contributed by atoms with Crippen molar-refractivity contribution in [3.63, 3.8) is 0 Å². The van der Waals surface area contributed by atoms with Crippen molar-refractivity contribution >= 4 is 11.9 Å². The van der Waals surface area contributed by atoms with Crippen molar-refractivity contribution in [3.8, 4) is 22.9 Å². The molecular weight excluding hydrogens is 428 g/mol. The summed E-state index contributed by atoms with van der Waals surface area (Å²) in [6.45, 7) is -5.32. The lowest BCUT2D eigenvalue weighted by Gasteiger charge is -2.11. The van der Waals surface area contributed by atoms with E-state index in [4.69, 9.17) is 0 Å². The van der Waals surface area contributed by atoms with Crippen molar-refractivity contribution in [1.82, 2.24) is 14.8 Å². The molecule has 0 unspecified atom stereocenters. The van der Waals surface area contributed by atoms with E-state index in [1.54, 1.807) is 12.1 Å². The van der Waals surface area contributed by atoms with Crippen molar-refractivity contribution in [3.05, 3.63) is 53.9 Å². The monoisotopic (exact) mass is 448 g/mol. The molecule has 32 heavy (non-hydrogen) atoms. The summed E-state index contributed by atoms with van der Waals surface area (Å²) in [6.07, 6.45) is 5.60. The number of halogens is 4. The van der Waals surface area contributed by atoms with Gasteiger partial charge in [0.05, 0.1) is 5.69 Å². The maximum absolute atomic E-state index is 12.7. The molecule has 0 saturated carbocycles. The molecule has 0 N–H and O–H groups in total. The smallest absolute Gasteiger partial charge is 0.387 e. The average Bonchev–Trinajstić information content (AvgIpc) is 3.01. The van der Waals surface area contributed by atoms with Crippen molar-refractivity contribution in [2.45, 2.75) is 45.5 Å². The fraction of sp³-hybridized carbons (Fsp3) is 0.318. The Morgan fingerprint density at radius 2 is 1.69 bits per heavy atom. The molecule has 4 rings (SSSR count). The number of ether oxygens (including phenoxy) is 2. The lowest BCUT2D eigenvalue weighted by Crippen LogP contribution is -2.06. The van der Waals surface area contributed by atoms with Crippen LogP contribution >= 0.6 is 0 Å². The molecule has 2 aromatic carbocycles. The van der Waals surface area contributed by atoms with Gasteiger partial charge in [-0.1, -0.05) is 6.42 Å². The summed E-state index contributed by atoms with van der Waals surface area (Å²) >= 11 is 0. The summed E-state index contributed by atoms with van der Waals surface area (Å²) in [4.78, 5) is 4.28. The standard InChI is InChI=1S/C22H20F4N4O2/c23-21(24)31-17-10-7-15(18(12-17)32-22(25)26)13-27-16-8-5-14(6-9-16)20-29-28-19-4-2-1-3-11-30(19)20/h5-10,12-13,21-22H,1-4,11H2. The third-order valence-corrected chi connectivity index (χ3v) is 5.01. The summed E-state index contributed by atoms with van der Waals surface area (Å²) < 4.78 is 61.0. The zero-order chi connectivity index (χ0) is 22.5. The van der Waals surface area contributed by atoms with Crippen LogP contribution in [-0.2, 0) is 13.0 Å². The van der Waals surface area contributed by atoms with Gasteiger partial charge in [-0.05, 0) is 49.2 Å². The second-order valence-corrected chi connectivity index (χ2v) is 7.16. The van der Waals surface area contributed by atoms with Crippen molar-refractivity contribution in [2.75, 3.05) is 0 Å². The number of rotatable bonds is 7. The minimum Gasteiger partial charge on any atom is -0.435 e. The molecular formula is C22H20F4N4O2. The maximum Gasteiger partial charge on any atom is 0.387 e. The van der Waals surface area contributed by atoms with Crippen LogP contribution in [0.2, 0.25) is 0 Å². The number of hydrogen-bond acceptors (Lipinski definition) is 5. The third kappa shape index (κ3) is 5.24. The first-order chi connectivity index (χ1) is 15.5. The summed E-state index contributed by atoms with van der Waals surface area (Å²) in [7, 11) is 0. The molecule has 0 radical (unpaired) electrons. The minimum atomic E-state index is -3.12. The number of alkyl halides is 4. The summed E-state index contributed by atoms with van der Waals surface area (Å²) in [5.41, 5.74) is 1.67. The van der Waals surface area contributed by atoms with E-state index in [-0.39, 0.29) is 17.1 Å². The third-order valence-electron chi connectivity index (χ3n) is 5.01. The Hall–Kier alpha value is -3.43. The summed E-state index contributed by atoms with van der Waals surface area (Å²) in [6, 6.07) is 10.8. The quantitative estimate of drug-likeness (QED) is 0.347. The molecule has 0 amide bonds. The van der Waals surface area contributed by atoms with Crippen LogP contribution in [0, 0.1) is 0 Å². The van der Waals surface area contributed by atoms with E-state index in [1.165, 1.54) is 24.8 Å². The highest BCUT2D eigenvalue weighted by atomic mass is 19.3. The molecule has 0 atom stereocenters. The van der Waals surface area contributed by atoms with Gasteiger partial charge < -0.3 is 14.0 Å². The molecule has 1 aromatic heterocycles. The fourth-order valence-electron chi connectivity index (χ4n) is 3.53. The van der Waals surface area contributed by atoms with Crippen molar-refractivity contribution in [2.24, 2.45) is 4.99 Å². The van der Waals surface area contributed by atoms with E-state index >= 15 is 0 Å². The molecule has 1 aliphatic heterocycles. The highest BCUT2D eigenvalue weighted by Gasteiger charge is 2.16. The van der Waals surface area contributed by atoms with Crippen LogP contribution in [0.5, 0.6) is 11.5 Å². The van der Waals surface area contributed by atoms with Crippen LogP contribution in [0.1, 0.15) is 30.7 Å². The molecule has 0 bridgehead atoms. The van der Waals surface area contributed by atoms with Gasteiger partial charge in [0.25, 0.3) is 0 Å². The predicted octanol–water partition coefficient (Wildman–Crippen LogP) is 5.62. The molecule has 6 nitrogen and oxygen atoms in total. The number of hydrogen-bond donors (Lipinski definition) is 0. The van der Waals surface area contributed by atoms with Crippen LogP contribution in [0.25, 0.3) is 11.4 Å². The molecule has 0 saturated heterocycles. The van der Waals surface area contributed by atoms with Crippen molar-refractivity contribution in [1.29, 1.82) is 0 Å². The number of fused-ring (bicyclic) bond motifs is 1. The molecule has 3 aromatic rings. The number of aromatic nitrogens is 3. The van der Waals surface area contributed by atoms with E-state index in [1.807, 2.05) is 12.1 Å². The van der Waals surface area contributed by atoms with Crippen LogP contribution in [0.15, 0.2) is 47.5 Å². The van der Waals surface area contributed by atoms with Crippen molar-refractivity contribution < 1.29 is 27.0 Å². The second-order valence-electron chi connectivity index (χ2n) is 7.16. The van der Waals surface area contributed by atoms with Gasteiger partial charge in [-0.3, -0.25) is 4.99 Å². The highest BCUT2D eigenvalue weighted by Crippen LogP contribution is 2.28. The lowest BCUT2D eigenvalue weighted by molar-refractivity contribution is -0.0543. The number of aryl methyl sites for hydroxylation is 1. The second kappa shape index (κ2) is 9.80. The van der Waals surface area contributed by atoms with E-state index in [0.717, 1.165) is 49.1 Å². The van der Waals surface area contributed by atoms with E-state index in [0.29, 0.717) is 5.69 Å². The molecule has 1 aliphatic rings. The van der Waals surface area contributed by atoms with E-state index in [2.05, 4.69) is 29.2 Å². The summed E-state index contributed by atoms with van der Waals surface area (Å²) in [5.74, 6) is 1.19. The van der Waals surface area contributed by atoms with E-state index < -0.39 is 13.2 Å². The maximum atomic E-state index is 12.7. The Kier molecular flexibility index (Phi) is 6.67. The first-order valence-electron chi connectivity index (χ1n) is 10.1. The van der Waals surface area contributed by atoms with Crippen LogP contribution in [-0.4, -0.2) is 34.2 Å². The Bertz CT molecular complexity index is 1080. The minimum absolute atomic E-state index is 0.193. The Morgan fingerprint density at radius 3 is 2.44 bits per heavy atom. The Labute approximate surface area is 181 Å². The Balaban J connectivity index is 1.53. The molecule has 2 heterocycles. The van der Waals surface area contributed by atoms with Gasteiger partial charge in [-0.2, -0.15) is 17.6 Å². The van der Waals surface area contributed by atoms with Gasteiger partial charge in [0.2, 0.25) is 0 Å². The average molecular weight is 448 g/mol. The lowest BCUT2D eigenvalue weighted by atomic mass is 10.2. The predicted molar refractivity (Wildman–Crippen MR) is 110 cm³/mol. The summed E-state index contributed by atoms with van der Waals surface area (Å²) in [5, 5.41) is 8.62. The first-order valence-corrected chi connectivity index (χ1v) is 10.1. The molecule has 168 valence electrons. The fourth-order valence-corrected chi connectivity index (χ4v) is 3.53. The SMILES string of the molecule is FC(F)Oc1ccc(C=Nc2ccc(-c3nnc4n3CCCCC4)cc2)c(OC(F)F)c1. The van der Waals surface area contributed by atoms with Crippen LogP contribution < -0.4 is 9.47 Å². The highest BCUT2D eigenvalue weighted by molar-refractivity contribution is 5.86. The molecule has 0 spiro atoms. The van der Waals surface area contributed by atoms with Gasteiger partial charge in [-0.15, -0.1) is 10.2 Å². The van der Waals surface area contributed by atoms with Gasteiger partial charge in [0.15, 0.2) is 5.82 Å². The first kappa shape index (κ1) is 21.8. The van der Waals surface area contributed by atoms with Gasteiger partial charge in [0.1, 0.15) is 17.3 Å². The molecule has 10 heteroatoms. The number of benzene rings is 2. The zero-order valence-corrected chi connectivity index (χ0v) is 16.9. The van der Waals surface area contributed by atoms with Gasteiger partial charge in [-0.25, -0.2) is 0 Å². The largest absolute Gasteiger partial charge is 0.435 e. The van der Waals surface area contributed by atoms with Crippen LogP contribution in [0.3, 0.4) is 0 Å². The number of aliphatic imine (C=N–C) groups is 1. The van der Waals surface area contributed by atoms with Gasteiger partial charge >= 0.3 is 13.2 Å². The molecule has 0 fully saturated rings. The topological polar surface area (TPSA) is 61.5 Å². The Morgan fingerprint density at radius 1 is 0.906 bits per heavy atom. The van der Waals surface area contributed by atoms with Crippen LogP contribution in [0.4, 0.5) is 23.2 Å². The normalized spacial score (nSPS) is 14.1. The number of nitrogens with zero attached hydrogens (tertiary/aromatic N) is 4. The zero-order valence-electron chi connectivity index (χ0n) is 16.9.